The van der Waals surface area contributed by atoms with Gasteiger partial charge in [0.1, 0.15) is 0 Å². The Morgan fingerprint density at radius 1 is 0.692 bits per heavy atom. The third-order valence-corrected chi connectivity index (χ3v) is 8.85. The molecule has 1 saturated heterocycles. The molecule has 39 heavy (non-hydrogen) atoms. The molecule has 196 valence electrons. The van der Waals surface area contributed by atoms with E-state index in [1.807, 2.05) is 53.4 Å². The maximum absolute atomic E-state index is 13.8. The molecule has 6 nitrogen and oxygen atoms in total. The van der Waals surface area contributed by atoms with Gasteiger partial charge >= 0.3 is 0 Å². The summed E-state index contributed by atoms with van der Waals surface area (Å²) in [7, 11) is -1.55. The Balaban J connectivity index is 1.28. The van der Waals surface area contributed by atoms with E-state index < -0.39 is 10.8 Å². The maximum Gasteiger partial charge on any atom is 0.259 e. The first-order valence-electron chi connectivity index (χ1n) is 13.1. The van der Waals surface area contributed by atoms with Crippen LogP contribution in [0.25, 0.3) is 0 Å². The Morgan fingerprint density at radius 3 is 2.00 bits per heavy atom. The van der Waals surface area contributed by atoms with E-state index in [9.17, 15) is 13.8 Å². The molecule has 2 aliphatic rings. The van der Waals surface area contributed by atoms with Gasteiger partial charge in [-0.15, -0.1) is 0 Å². The first-order valence-corrected chi connectivity index (χ1v) is 14.3. The van der Waals surface area contributed by atoms with Crippen molar-refractivity contribution in [1.82, 2.24) is 9.80 Å². The monoisotopic (exact) mass is 535 g/mol. The number of carbonyl (C=O) groups is 2. The van der Waals surface area contributed by atoms with E-state index in [0.717, 1.165) is 25.2 Å². The highest BCUT2D eigenvalue weighted by molar-refractivity contribution is 7.85. The summed E-state index contributed by atoms with van der Waals surface area (Å²) in [6, 6.07) is 32.4. The molecule has 1 fully saturated rings. The molecule has 6 rings (SSSR count). The molecule has 0 N–H and O–H groups in total. The molecule has 0 unspecified atom stereocenters. The minimum atomic E-state index is -1.55. The van der Waals surface area contributed by atoms with Crippen LogP contribution >= 0.6 is 0 Å². The van der Waals surface area contributed by atoms with Crippen molar-refractivity contribution in [3.63, 3.8) is 0 Å². The van der Waals surface area contributed by atoms with Gasteiger partial charge in [0.2, 0.25) is 0 Å². The average molecular weight is 536 g/mol. The number of hydrogen-bond acceptors (Lipinski definition) is 4. The molecular formula is C32H29N3O3S. The first kappa shape index (κ1) is 25.2. The summed E-state index contributed by atoms with van der Waals surface area (Å²) in [5.41, 5.74) is 3.66. The highest BCUT2D eigenvalue weighted by atomic mass is 32.2. The van der Waals surface area contributed by atoms with Crippen LogP contribution in [0.1, 0.15) is 31.8 Å². The zero-order chi connectivity index (χ0) is 26.8. The average Bonchev–Trinajstić information content (AvgIpc) is 3.07. The van der Waals surface area contributed by atoms with Crippen molar-refractivity contribution in [3.8, 4) is 0 Å². The van der Waals surface area contributed by atoms with Crippen LogP contribution in [0.15, 0.2) is 113 Å². The molecule has 0 saturated carbocycles. The van der Waals surface area contributed by atoms with Gasteiger partial charge in [-0.1, -0.05) is 72.8 Å². The van der Waals surface area contributed by atoms with Crippen LogP contribution in [0.4, 0.5) is 5.69 Å². The third-order valence-electron chi connectivity index (χ3n) is 7.35. The summed E-state index contributed by atoms with van der Waals surface area (Å²) < 4.78 is 13.7. The van der Waals surface area contributed by atoms with Crippen LogP contribution in [0.2, 0.25) is 0 Å². The molecule has 2 heterocycles. The van der Waals surface area contributed by atoms with Crippen LogP contribution in [0.3, 0.4) is 0 Å². The molecule has 4 aromatic carbocycles. The van der Waals surface area contributed by atoms with E-state index in [1.165, 1.54) is 5.56 Å². The zero-order valence-corrected chi connectivity index (χ0v) is 22.3. The van der Waals surface area contributed by atoms with Crippen LogP contribution in [-0.2, 0) is 23.9 Å². The van der Waals surface area contributed by atoms with Gasteiger partial charge in [0.05, 0.1) is 38.4 Å². The van der Waals surface area contributed by atoms with Crippen LogP contribution in [0, 0.1) is 0 Å². The molecule has 2 amide bonds. The number of amides is 2. The lowest BCUT2D eigenvalue weighted by Gasteiger charge is -2.35. The van der Waals surface area contributed by atoms with Crippen molar-refractivity contribution in [2.24, 2.45) is 0 Å². The largest absolute Gasteiger partial charge is 0.336 e. The molecular weight excluding hydrogens is 506 g/mol. The van der Waals surface area contributed by atoms with Gasteiger partial charge < -0.3 is 9.80 Å². The minimum absolute atomic E-state index is 0.0724. The van der Waals surface area contributed by atoms with Crippen molar-refractivity contribution in [2.75, 3.05) is 31.1 Å². The van der Waals surface area contributed by atoms with Gasteiger partial charge in [-0.3, -0.25) is 14.5 Å². The summed E-state index contributed by atoms with van der Waals surface area (Å²) in [6.45, 7) is 4.03. The van der Waals surface area contributed by atoms with Gasteiger partial charge in [0.25, 0.3) is 11.8 Å². The summed E-state index contributed by atoms with van der Waals surface area (Å²) in [6.07, 6.45) is 0. The Kier molecular flexibility index (Phi) is 7.09. The molecule has 0 bridgehead atoms. The van der Waals surface area contributed by atoms with E-state index in [0.29, 0.717) is 46.2 Å². The molecule has 0 radical (unpaired) electrons. The lowest BCUT2D eigenvalue weighted by atomic mass is 10.1. The smallest absolute Gasteiger partial charge is 0.259 e. The fraction of sp³-hybridized carbons (Fsp3) is 0.188. The van der Waals surface area contributed by atoms with Crippen molar-refractivity contribution < 1.29 is 13.8 Å². The second kappa shape index (κ2) is 11.0. The van der Waals surface area contributed by atoms with E-state index in [4.69, 9.17) is 0 Å². The van der Waals surface area contributed by atoms with E-state index in [-0.39, 0.29) is 11.8 Å². The molecule has 2 aliphatic heterocycles. The van der Waals surface area contributed by atoms with Gasteiger partial charge in [0.15, 0.2) is 0 Å². The van der Waals surface area contributed by atoms with Crippen molar-refractivity contribution in [3.05, 3.63) is 125 Å². The second-order valence-electron chi connectivity index (χ2n) is 9.88. The zero-order valence-electron chi connectivity index (χ0n) is 21.5. The number of rotatable bonds is 5. The maximum atomic E-state index is 13.8. The second-order valence-corrected chi connectivity index (χ2v) is 11.3. The van der Waals surface area contributed by atoms with Crippen molar-refractivity contribution in [2.45, 2.75) is 22.9 Å². The Hall–Kier alpha value is -4.07. The number of hydrogen-bond donors (Lipinski definition) is 0. The number of anilines is 1. The number of fused-ring (bicyclic) bond motifs is 2. The Morgan fingerprint density at radius 2 is 1.31 bits per heavy atom. The lowest BCUT2D eigenvalue weighted by molar-refractivity contribution is 0.0628. The molecule has 7 heteroatoms. The van der Waals surface area contributed by atoms with Gasteiger partial charge in [0, 0.05) is 38.3 Å². The van der Waals surface area contributed by atoms with E-state index in [1.54, 1.807) is 47.4 Å². The third kappa shape index (κ3) is 5.15. The topological polar surface area (TPSA) is 60.9 Å². The highest BCUT2D eigenvalue weighted by Gasteiger charge is 2.32. The summed E-state index contributed by atoms with van der Waals surface area (Å²) >= 11 is 0. The van der Waals surface area contributed by atoms with Crippen LogP contribution in [-0.4, -0.2) is 52.0 Å². The molecule has 1 atom stereocenters. The predicted molar refractivity (Wildman–Crippen MR) is 152 cm³/mol. The lowest BCUT2D eigenvalue weighted by Crippen LogP contribution is -2.48. The molecule has 0 aliphatic carbocycles. The quantitative estimate of drug-likeness (QED) is 0.362. The molecule has 0 spiro atoms. The van der Waals surface area contributed by atoms with Gasteiger partial charge in [-0.05, 0) is 41.5 Å². The minimum Gasteiger partial charge on any atom is -0.336 e. The Labute approximate surface area is 230 Å². The van der Waals surface area contributed by atoms with Gasteiger partial charge in [-0.2, -0.15) is 0 Å². The Bertz CT molecular complexity index is 1530. The summed E-state index contributed by atoms with van der Waals surface area (Å²) in [4.78, 5) is 34.3. The van der Waals surface area contributed by atoms with Crippen LogP contribution in [0.5, 0.6) is 0 Å². The fourth-order valence-corrected chi connectivity index (χ4v) is 6.60. The summed E-state index contributed by atoms with van der Waals surface area (Å²) in [5.74, 6) is -0.294. The van der Waals surface area contributed by atoms with Gasteiger partial charge in [-0.25, -0.2) is 4.21 Å². The SMILES string of the molecule is O=C(c1ccc2c(c1)N(Cc1ccccc1)C(=O)c1ccccc1[S@]2=O)N1CCN(Cc2ccccc2)CC1. The van der Waals surface area contributed by atoms with Crippen molar-refractivity contribution >= 4 is 28.3 Å². The molecule has 0 aromatic heterocycles. The van der Waals surface area contributed by atoms with Crippen LogP contribution < -0.4 is 4.90 Å². The first-order chi connectivity index (χ1) is 19.1. The number of benzene rings is 4. The predicted octanol–water partition coefficient (Wildman–Crippen LogP) is 4.97. The molecule has 4 aromatic rings. The number of nitrogens with zero attached hydrogens (tertiary/aromatic N) is 3. The normalized spacial score (nSPS) is 17.3. The number of carbonyl (C=O) groups excluding carboxylic acids is 2. The summed E-state index contributed by atoms with van der Waals surface area (Å²) in [5, 5.41) is 0. The van der Waals surface area contributed by atoms with E-state index in [2.05, 4.69) is 17.0 Å². The standard InChI is InChI=1S/C32H29N3O3S/c36-31(34-19-17-33(18-20-34)22-24-9-3-1-4-10-24)26-15-16-30-28(21-26)35(23-25-11-5-2-6-12-25)32(37)27-13-7-8-14-29(27)39(30)38/h1-16,21H,17-20,22-23H2/t39-/m1/s1. The van der Waals surface area contributed by atoms with E-state index >= 15 is 0 Å². The fourth-order valence-electron chi connectivity index (χ4n) is 5.25. The van der Waals surface area contributed by atoms with Crippen molar-refractivity contribution in [1.29, 1.82) is 0 Å². The highest BCUT2D eigenvalue weighted by Crippen LogP contribution is 2.36. The number of piperazine rings is 1.